The van der Waals surface area contributed by atoms with Crippen molar-refractivity contribution in [2.45, 2.75) is 69.6 Å². The summed E-state index contributed by atoms with van der Waals surface area (Å²) in [5, 5.41) is 9.34. The summed E-state index contributed by atoms with van der Waals surface area (Å²) in [4.78, 5) is 0. The minimum atomic E-state index is 0.0247. The largest absolute Gasteiger partial charge is 0.393 e. The van der Waals surface area contributed by atoms with E-state index in [4.69, 9.17) is 0 Å². The van der Waals surface area contributed by atoms with E-state index in [0.29, 0.717) is 0 Å². The molecule has 0 heterocycles. The van der Waals surface area contributed by atoms with Gasteiger partial charge in [-0.3, -0.25) is 0 Å². The van der Waals surface area contributed by atoms with Gasteiger partial charge in [-0.15, -0.1) is 0 Å². The summed E-state index contributed by atoms with van der Waals surface area (Å²) in [6.45, 7) is 2.26. The van der Waals surface area contributed by atoms with Crippen LogP contribution in [0.15, 0.2) is 0 Å². The van der Waals surface area contributed by atoms with Crippen molar-refractivity contribution in [3.05, 3.63) is 0 Å². The van der Waals surface area contributed by atoms with E-state index in [1.54, 1.807) is 0 Å². The molecule has 0 aromatic carbocycles. The minimum absolute atomic E-state index is 0.0247. The van der Waals surface area contributed by atoms with E-state index < -0.39 is 0 Å². The van der Waals surface area contributed by atoms with Gasteiger partial charge < -0.3 is 5.11 Å². The number of hydrogen-bond acceptors (Lipinski definition) is 1. The maximum atomic E-state index is 9.34. The third-order valence-corrected chi connectivity index (χ3v) is 4.71. The summed E-state index contributed by atoms with van der Waals surface area (Å²) in [5.41, 5.74) is 0.959. The Kier molecular flexibility index (Phi) is 5.72. The lowest BCUT2D eigenvalue weighted by atomic mass is 9.97. The van der Waals surface area contributed by atoms with Crippen LogP contribution in [0.2, 0.25) is 11.6 Å². The highest BCUT2D eigenvalue weighted by Crippen LogP contribution is 2.29. The van der Waals surface area contributed by atoms with E-state index >= 15 is 0 Å². The van der Waals surface area contributed by atoms with Crippen LogP contribution in [0.3, 0.4) is 0 Å². The standard InChI is InChI=1S/C11H22OSi/c1-2-3-4-9-13-11-7-5-10(12)6-8-11/h10-12H,2-9H2,1H3. The molecule has 1 aliphatic carbocycles. The van der Waals surface area contributed by atoms with Crippen LogP contribution in [0.5, 0.6) is 0 Å². The normalized spacial score (nSPS) is 29.1. The molecule has 0 spiro atoms. The molecule has 1 nitrogen and oxygen atoms in total. The van der Waals surface area contributed by atoms with Crippen molar-refractivity contribution in [2.75, 3.05) is 0 Å². The summed E-state index contributed by atoms with van der Waals surface area (Å²) >= 11 is 0. The fourth-order valence-electron chi connectivity index (χ4n) is 1.96. The number of aliphatic hydroxyl groups is 1. The molecule has 0 amide bonds. The smallest absolute Gasteiger partial charge is 0.0540 e. The van der Waals surface area contributed by atoms with Crippen LogP contribution >= 0.6 is 0 Å². The molecule has 1 aliphatic rings. The number of aliphatic hydroxyl groups excluding tert-OH is 1. The number of hydrogen-bond donors (Lipinski definition) is 1. The Morgan fingerprint density at radius 1 is 1.15 bits per heavy atom. The molecule has 0 bridgehead atoms. The van der Waals surface area contributed by atoms with Crippen molar-refractivity contribution in [3.8, 4) is 0 Å². The fourth-order valence-corrected chi connectivity index (χ4v) is 3.57. The van der Waals surface area contributed by atoms with Gasteiger partial charge in [0.2, 0.25) is 0 Å². The van der Waals surface area contributed by atoms with E-state index in [0.717, 1.165) is 18.4 Å². The molecule has 0 aromatic heterocycles. The lowest BCUT2D eigenvalue weighted by Crippen LogP contribution is -2.18. The van der Waals surface area contributed by atoms with Crippen molar-refractivity contribution in [1.29, 1.82) is 0 Å². The maximum Gasteiger partial charge on any atom is 0.0540 e. The molecule has 0 aliphatic heterocycles. The molecule has 2 heteroatoms. The predicted molar refractivity (Wildman–Crippen MR) is 58.3 cm³/mol. The van der Waals surface area contributed by atoms with E-state index in [-0.39, 0.29) is 6.10 Å². The van der Waals surface area contributed by atoms with Gasteiger partial charge in [0.1, 0.15) is 0 Å². The van der Waals surface area contributed by atoms with Gasteiger partial charge in [-0.25, -0.2) is 0 Å². The van der Waals surface area contributed by atoms with Crippen LogP contribution in [-0.4, -0.2) is 20.7 Å². The summed E-state index contributed by atoms with van der Waals surface area (Å²) in [6.07, 6.45) is 8.88. The fraction of sp³-hybridized carbons (Fsp3) is 1.00. The maximum absolute atomic E-state index is 9.34. The summed E-state index contributed by atoms with van der Waals surface area (Å²) in [5.74, 6) is 0. The van der Waals surface area contributed by atoms with Gasteiger partial charge >= 0.3 is 0 Å². The van der Waals surface area contributed by atoms with E-state index in [1.807, 2.05) is 0 Å². The van der Waals surface area contributed by atoms with Gasteiger partial charge in [-0.05, 0) is 18.4 Å². The zero-order valence-corrected chi connectivity index (χ0v) is 9.76. The quantitative estimate of drug-likeness (QED) is 0.532. The van der Waals surface area contributed by atoms with Crippen LogP contribution < -0.4 is 0 Å². The van der Waals surface area contributed by atoms with Crippen LogP contribution in [-0.2, 0) is 0 Å². The second-order valence-electron chi connectivity index (χ2n) is 4.17. The molecule has 0 atom stereocenters. The third-order valence-electron chi connectivity index (χ3n) is 2.91. The first-order valence-electron chi connectivity index (χ1n) is 5.74. The van der Waals surface area contributed by atoms with Gasteiger partial charge in [0.25, 0.3) is 0 Å². The zero-order chi connectivity index (χ0) is 9.52. The second-order valence-corrected chi connectivity index (χ2v) is 5.89. The Bertz CT molecular complexity index is 119. The Hall–Kier alpha value is 0.177. The molecule has 13 heavy (non-hydrogen) atoms. The number of unbranched alkanes of at least 4 members (excludes halogenated alkanes) is 2. The second kappa shape index (κ2) is 6.60. The summed E-state index contributed by atoms with van der Waals surface area (Å²) < 4.78 is 0. The Balaban J connectivity index is 1.96. The Morgan fingerprint density at radius 3 is 2.46 bits per heavy atom. The van der Waals surface area contributed by atoms with Crippen molar-refractivity contribution < 1.29 is 5.11 Å². The van der Waals surface area contributed by atoms with E-state index in [2.05, 4.69) is 6.92 Å². The first-order chi connectivity index (χ1) is 6.33. The molecule has 1 rings (SSSR count). The molecule has 1 fully saturated rings. The van der Waals surface area contributed by atoms with Crippen LogP contribution in [0, 0.1) is 0 Å². The SMILES string of the molecule is CCCCC[Si]C1CCC(O)CC1. The predicted octanol–water partition coefficient (Wildman–Crippen LogP) is 3.02. The van der Waals surface area contributed by atoms with Crippen LogP contribution in [0.1, 0.15) is 51.9 Å². The van der Waals surface area contributed by atoms with E-state index in [1.165, 1.54) is 47.7 Å². The molecule has 1 N–H and O–H groups in total. The average Bonchev–Trinajstić information content (AvgIpc) is 2.15. The first kappa shape index (κ1) is 11.3. The van der Waals surface area contributed by atoms with Gasteiger partial charge in [-0.1, -0.05) is 45.1 Å². The average molecular weight is 198 g/mol. The van der Waals surface area contributed by atoms with Crippen LogP contribution in [0.25, 0.3) is 0 Å². The number of rotatable bonds is 5. The van der Waals surface area contributed by atoms with Crippen molar-refractivity contribution in [1.82, 2.24) is 0 Å². The Labute approximate surface area is 84.8 Å². The van der Waals surface area contributed by atoms with Gasteiger partial charge in [0, 0.05) is 9.52 Å². The molecule has 76 valence electrons. The molecule has 2 radical (unpaired) electrons. The van der Waals surface area contributed by atoms with Crippen molar-refractivity contribution >= 4 is 9.52 Å². The molecule has 0 unspecified atom stereocenters. The highest BCUT2D eigenvalue weighted by Gasteiger charge is 2.18. The van der Waals surface area contributed by atoms with E-state index in [9.17, 15) is 5.11 Å². The first-order valence-corrected chi connectivity index (χ1v) is 7.02. The summed E-state index contributed by atoms with van der Waals surface area (Å²) in [7, 11) is 1.17. The van der Waals surface area contributed by atoms with Crippen molar-refractivity contribution in [2.24, 2.45) is 0 Å². The summed E-state index contributed by atoms with van der Waals surface area (Å²) in [6, 6.07) is 1.44. The molecule has 1 saturated carbocycles. The highest BCUT2D eigenvalue weighted by atomic mass is 28.2. The van der Waals surface area contributed by atoms with Crippen LogP contribution in [0.4, 0.5) is 0 Å². The lowest BCUT2D eigenvalue weighted by Gasteiger charge is -2.24. The monoisotopic (exact) mass is 198 g/mol. The zero-order valence-electron chi connectivity index (χ0n) is 8.76. The molecular formula is C11H22OSi. The van der Waals surface area contributed by atoms with Gasteiger partial charge in [0.05, 0.1) is 6.10 Å². The minimum Gasteiger partial charge on any atom is -0.393 e. The van der Waals surface area contributed by atoms with Crippen molar-refractivity contribution in [3.63, 3.8) is 0 Å². The van der Waals surface area contributed by atoms with Gasteiger partial charge in [0.15, 0.2) is 0 Å². The molecule has 0 saturated heterocycles. The Morgan fingerprint density at radius 2 is 1.85 bits per heavy atom. The molecule has 0 aromatic rings. The highest BCUT2D eigenvalue weighted by molar-refractivity contribution is 6.37. The molecular weight excluding hydrogens is 176 g/mol. The third kappa shape index (κ3) is 4.82. The van der Waals surface area contributed by atoms with Gasteiger partial charge in [-0.2, -0.15) is 0 Å². The topological polar surface area (TPSA) is 20.2 Å². The lowest BCUT2D eigenvalue weighted by molar-refractivity contribution is 0.130.